The van der Waals surface area contributed by atoms with Crippen LogP contribution in [0.15, 0.2) is 23.5 Å². The Labute approximate surface area is 201 Å². The van der Waals surface area contributed by atoms with Crippen molar-refractivity contribution in [3.63, 3.8) is 0 Å². The summed E-state index contributed by atoms with van der Waals surface area (Å²) < 4.78 is 20.2. The van der Waals surface area contributed by atoms with E-state index in [1.165, 1.54) is 11.9 Å². The number of carbonyl (C=O) groups is 1. The molecule has 0 aliphatic carbocycles. The maximum atomic E-state index is 14.1. The van der Waals surface area contributed by atoms with Crippen LogP contribution in [0.1, 0.15) is 57.7 Å². The van der Waals surface area contributed by atoms with Gasteiger partial charge in [-0.3, -0.25) is 9.69 Å². The van der Waals surface area contributed by atoms with Gasteiger partial charge in [0.15, 0.2) is 0 Å². The molecule has 0 aromatic heterocycles. The van der Waals surface area contributed by atoms with Crippen LogP contribution in [0.2, 0.25) is 5.02 Å². The summed E-state index contributed by atoms with van der Waals surface area (Å²) >= 11 is 6.62. The van der Waals surface area contributed by atoms with Crippen LogP contribution in [0.25, 0.3) is 0 Å². The number of rotatable bonds is 7. The minimum Gasteiger partial charge on any atom is -0.487 e. The Morgan fingerprint density at radius 3 is 2.58 bits per heavy atom. The number of likely N-dealkylation sites (tertiary alicyclic amines) is 1. The van der Waals surface area contributed by atoms with Crippen molar-refractivity contribution < 1.29 is 13.9 Å². The van der Waals surface area contributed by atoms with Gasteiger partial charge < -0.3 is 20.4 Å². The zero-order chi connectivity index (χ0) is 24.5. The summed E-state index contributed by atoms with van der Waals surface area (Å²) in [6, 6.07) is 3.59. The van der Waals surface area contributed by atoms with Crippen LogP contribution >= 0.6 is 11.6 Å². The number of halogens is 2. The van der Waals surface area contributed by atoms with E-state index < -0.39 is 6.17 Å². The zero-order valence-corrected chi connectivity index (χ0v) is 21.1. The van der Waals surface area contributed by atoms with Gasteiger partial charge in [0, 0.05) is 49.2 Å². The largest absolute Gasteiger partial charge is 0.487 e. The molecule has 2 aliphatic heterocycles. The minimum absolute atomic E-state index is 0.00983. The molecule has 0 radical (unpaired) electrons. The highest BCUT2D eigenvalue weighted by Gasteiger charge is 2.39. The molecule has 33 heavy (non-hydrogen) atoms. The second-order valence-electron chi connectivity index (χ2n) is 9.94. The number of fused-ring (bicyclic) bond motifs is 1. The molecular weight excluding hydrogens is 445 g/mol. The summed E-state index contributed by atoms with van der Waals surface area (Å²) in [6.07, 6.45) is 0.918. The SMILES string of the molecule is CC(F)/C(=C(/N)COc1ccc(Cl)c2c1C(CN1CCCC1=O)N(C(C)(C)C)CC2)N(C)N. The molecule has 1 aromatic carbocycles. The molecular formula is C24H37ClFN5O2. The number of ether oxygens (including phenoxy) is 1. The highest BCUT2D eigenvalue weighted by Crippen LogP contribution is 2.43. The number of hydrazine groups is 1. The normalized spacial score (nSPS) is 21.0. The summed E-state index contributed by atoms with van der Waals surface area (Å²) in [6.45, 7) is 10.1. The molecule has 2 heterocycles. The van der Waals surface area contributed by atoms with Crippen molar-refractivity contribution in [3.8, 4) is 5.75 Å². The van der Waals surface area contributed by atoms with E-state index in [2.05, 4.69) is 25.7 Å². The van der Waals surface area contributed by atoms with Crippen LogP contribution in [0, 0.1) is 0 Å². The summed E-state index contributed by atoms with van der Waals surface area (Å²) in [5, 5.41) is 1.87. The number of hydrogen-bond donors (Lipinski definition) is 2. The van der Waals surface area contributed by atoms with E-state index in [1.54, 1.807) is 7.05 Å². The van der Waals surface area contributed by atoms with Gasteiger partial charge in [-0.1, -0.05) is 11.6 Å². The van der Waals surface area contributed by atoms with E-state index in [0.717, 1.165) is 37.1 Å². The van der Waals surface area contributed by atoms with Gasteiger partial charge >= 0.3 is 0 Å². The Kier molecular flexibility index (Phi) is 7.81. The maximum Gasteiger partial charge on any atom is 0.222 e. The molecule has 7 nitrogen and oxygen atoms in total. The Bertz CT molecular complexity index is 903. The first-order valence-electron chi connectivity index (χ1n) is 11.5. The number of amides is 1. The van der Waals surface area contributed by atoms with E-state index >= 15 is 0 Å². The molecule has 3 rings (SSSR count). The third-order valence-corrected chi connectivity index (χ3v) is 6.82. The van der Waals surface area contributed by atoms with E-state index in [0.29, 0.717) is 23.7 Å². The lowest BCUT2D eigenvalue weighted by Gasteiger charge is -2.47. The van der Waals surface area contributed by atoms with Gasteiger partial charge in [0.25, 0.3) is 0 Å². The smallest absolute Gasteiger partial charge is 0.222 e. The van der Waals surface area contributed by atoms with Gasteiger partial charge in [-0.05, 0) is 58.2 Å². The van der Waals surface area contributed by atoms with Gasteiger partial charge in [-0.25, -0.2) is 10.2 Å². The van der Waals surface area contributed by atoms with Crippen molar-refractivity contribution in [2.24, 2.45) is 11.6 Å². The van der Waals surface area contributed by atoms with Gasteiger partial charge in [-0.15, -0.1) is 0 Å². The quantitative estimate of drug-likeness (QED) is 0.458. The van der Waals surface area contributed by atoms with E-state index in [1.807, 2.05) is 17.0 Å². The lowest BCUT2D eigenvalue weighted by atomic mass is 9.87. The van der Waals surface area contributed by atoms with Crippen molar-refractivity contribution in [1.82, 2.24) is 14.8 Å². The maximum absolute atomic E-state index is 14.1. The second kappa shape index (κ2) is 10.1. The number of benzene rings is 1. The monoisotopic (exact) mass is 481 g/mol. The lowest BCUT2D eigenvalue weighted by molar-refractivity contribution is -0.128. The Balaban J connectivity index is 2.01. The van der Waals surface area contributed by atoms with Crippen molar-refractivity contribution in [1.29, 1.82) is 0 Å². The number of nitrogens with two attached hydrogens (primary N) is 2. The molecule has 1 fully saturated rings. The average Bonchev–Trinajstić information content (AvgIpc) is 3.10. The summed E-state index contributed by atoms with van der Waals surface area (Å²) in [5.41, 5.74) is 8.46. The van der Waals surface area contributed by atoms with Crippen LogP contribution in [-0.2, 0) is 11.2 Å². The number of hydrogen-bond acceptors (Lipinski definition) is 6. The molecule has 4 N–H and O–H groups in total. The second-order valence-corrected chi connectivity index (χ2v) is 10.3. The third kappa shape index (κ3) is 5.55. The summed E-state index contributed by atoms with van der Waals surface area (Å²) in [7, 11) is 1.55. The average molecular weight is 482 g/mol. The molecule has 1 aromatic rings. The van der Waals surface area contributed by atoms with Gasteiger partial charge in [0.05, 0.1) is 17.4 Å². The minimum atomic E-state index is -1.33. The van der Waals surface area contributed by atoms with Crippen LogP contribution in [0.5, 0.6) is 5.75 Å². The van der Waals surface area contributed by atoms with E-state index in [9.17, 15) is 9.18 Å². The first kappa shape index (κ1) is 25.6. The molecule has 2 unspecified atom stereocenters. The predicted octanol–water partition coefficient (Wildman–Crippen LogP) is 3.37. The number of alkyl halides is 1. The lowest BCUT2D eigenvalue weighted by Crippen LogP contribution is -2.51. The third-order valence-electron chi connectivity index (χ3n) is 6.47. The van der Waals surface area contributed by atoms with E-state index in [4.69, 9.17) is 27.9 Å². The highest BCUT2D eigenvalue weighted by molar-refractivity contribution is 6.31. The standard InChI is InChI=1S/C24H37ClFN5O2/c1-15(26)23(29(5)28)18(27)14-33-20-9-8-17(25)16-10-12-31(24(2,3)4)19(22(16)20)13-30-11-6-7-21(30)32/h8-9,15,19H,6-7,10-14,27-28H2,1-5H3/b23-18-. The topological polar surface area (TPSA) is 88.1 Å². The molecule has 1 saturated heterocycles. The molecule has 0 bridgehead atoms. The van der Waals surface area contributed by atoms with E-state index in [-0.39, 0.29) is 35.5 Å². The molecule has 1 amide bonds. The molecule has 184 valence electrons. The fourth-order valence-electron chi connectivity index (χ4n) is 5.00. The molecule has 0 spiro atoms. The van der Waals surface area contributed by atoms with Crippen molar-refractivity contribution in [2.45, 2.75) is 64.7 Å². The van der Waals surface area contributed by atoms with Gasteiger partial charge in [0.2, 0.25) is 5.91 Å². The first-order chi connectivity index (χ1) is 15.4. The molecule has 0 saturated carbocycles. The molecule has 2 aliphatic rings. The fourth-order valence-corrected chi connectivity index (χ4v) is 5.26. The van der Waals surface area contributed by atoms with Crippen molar-refractivity contribution >= 4 is 17.5 Å². The fraction of sp³-hybridized carbons (Fsp3) is 0.625. The van der Waals surface area contributed by atoms with Crippen LogP contribution in [0.3, 0.4) is 0 Å². The number of carbonyl (C=O) groups excluding carboxylic acids is 1. The Morgan fingerprint density at radius 2 is 2.03 bits per heavy atom. The van der Waals surface area contributed by atoms with Crippen molar-refractivity contribution in [2.75, 3.05) is 33.3 Å². The number of allylic oxidation sites excluding steroid dienone is 1. The Morgan fingerprint density at radius 1 is 1.33 bits per heavy atom. The predicted molar refractivity (Wildman–Crippen MR) is 129 cm³/mol. The Hall–Kier alpha value is -2.03. The first-order valence-corrected chi connectivity index (χ1v) is 11.9. The highest BCUT2D eigenvalue weighted by atomic mass is 35.5. The van der Waals surface area contributed by atoms with Crippen LogP contribution in [-0.4, -0.2) is 65.7 Å². The van der Waals surface area contributed by atoms with Gasteiger partial charge in [-0.2, -0.15) is 0 Å². The van der Waals surface area contributed by atoms with Crippen LogP contribution < -0.4 is 16.3 Å². The van der Waals surface area contributed by atoms with Crippen LogP contribution in [0.4, 0.5) is 4.39 Å². The zero-order valence-electron chi connectivity index (χ0n) is 20.3. The molecule has 9 heteroatoms. The number of nitrogens with zero attached hydrogens (tertiary/aromatic N) is 3. The summed E-state index contributed by atoms with van der Waals surface area (Å²) in [4.78, 5) is 16.8. The van der Waals surface area contributed by atoms with Gasteiger partial charge in [0.1, 0.15) is 18.5 Å². The summed E-state index contributed by atoms with van der Waals surface area (Å²) in [5.74, 6) is 6.60. The van der Waals surface area contributed by atoms with Crippen molar-refractivity contribution in [3.05, 3.63) is 39.7 Å². The molecule has 2 atom stereocenters.